The van der Waals surface area contributed by atoms with E-state index >= 15 is 0 Å². The van der Waals surface area contributed by atoms with Gasteiger partial charge in [0, 0.05) is 44.3 Å². The number of nitrogens with zero attached hydrogens (tertiary/aromatic N) is 2. The van der Waals surface area contributed by atoms with Gasteiger partial charge < -0.3 is 4.74 Å². The van der Waals surface area contributed by atoms with Gasteiger partial charge in [0.2, 0.25) is 0 Å². The lowest BCUT2D eigenvalue weighted by atomic mass is 10.1. The summed E-state index contributed by atoms with van der Waals surface area (Å²) in [6, 6.07) is 19.9. The number of rotatable bonds is 3. The summed E-state index contributed by atoms with van der Waals surface area (Å²) in [6.07, 6.45) is 1.26. The molecular formula is C20H24N2O. The van der Waals surface area contributed by atoms with Crippen LogP contribution in [-0.4, -0.2) is 42.1 Å². The Balaban J connectivity index is 1.40. The van der Waals surface area contributed by atoms with E-state index in [4.69, 9.17) is 4.74 Å². The first kappa shape index (κ1) is 14.7. The summed E-state index contributed by atoms with van der Waals surface area (Å²) in [7, 11) is 0. The SMILES string of the molecule is c1ccc(CN2CCC(N3CCOc4ccccc4C3)C2)cc1. The molecule has 0 bridgehead atoms. The van der Waals surface area contributed by atoms with Gasteiger partial charge in [-0.15, -0.1) is 0 Å². The highest BCUT2D eigenvalue weighted by atomic mass is 16.5. The maximum atomic E-state index is 5.91. The second-order valence-corrected chi connectivity index (χ2v) is 6.59. The monoisotopic (exact) mass is 308 g/mol. The van der Waals surface area contributed by atoms with Gasteiger partial charge in [-0.3, -0.25) is 9.80 Å². The quantitative estimate of drug-likeness (QED) is 0.866. The molecule has 120 valence electrons. The predicted molar refractivity (Wildman–Crippen MR) is 92.5 cm³/mol. The summed E-state index contributed by atoms with van der Waals surface area (Å²) in [6.45, 7) is 6.26. The molecule has 1 atom stereocenters. The fourth-order valence-electron chi connectivity index (χ4n) is 3.75. The van der Waals surface area contributed by atoms with E-state index in [9.17, 15) is 0 Å². The van der Waals surface area contributed by atoms with Gasteiger partial charge in [0.15, 0.2) is 0 Å². The zero-order valence-electron chi connectivity index (χ0n) is 13.5. The number of ether oxygens (including phenoxy) is 1. The summed E-state index contributed by atoms with van der Waals surface area (Å²) in [5.41, 5.74) is 2.74. The van der Waals surface area contributed by atoms with Gasteiger partial charge in [0.1, 0.15) is 12.4 Å². The van der Waals surface area contributed by atoms with Gasteiger partial charge >= 0.3 is 0 Å². The lowest BCUT2D eigenvalue weighted by Crippen LogP contribution is -2.38. The van der Waals surface area contributed by atoms with Crippen LogP contribution < -0.4 is 4.74 Å². The third-order valence-electron chi connectivity index (χ3n) is 5.00. The molecular weight excluding hydrogens is 284 g/mol. The molecule has 0 aromatic heterocycles. The molecule has 3 heteroatoms. The van der Waals surface area contributed by atoms with Crippen LogP contribution in [0.2, 0.25) is 0 Å². The Morgan fingerprint density at radius 2 is 1.78 bits per heavy atom. The average molecular weight is 308 g/mol. The van der Waals surface area contributed by atoms with Crippen molar-refractivity contribution in [2.45, 2.75) is 25.6 Å². The van der Waals surface area contributed by atoms with Gasteiger partial charge in [-0.2, -0.15) is 0 Å². The molecule has 0 amide bonds. The Morgan fingerprint density at radius 1 is 0.957 bits per heavy atom. The van der Waals surface area contributed by atoms with Crippen molar-refractivity contribution in [1.82, 2.24) is 9.80 Å². The first-order valence-electron chi connectivity index (χ1n) is 8.59. The van der Waals surface area contributed by atoms with Crippen molar-refractivity contribution in [3.63, 3.8) is 0 Å². The summed E-state index contributed by atoms with van der Waals surface area (Å²) in [5, 5.41) is 0. The van der Waals surface area contributed by atoms with Gasteiger partial charge in [-0.25, -0.2) is 0 Å². The predicted octanol–water partition coefficient (Wildman–Crippen LogP) is 3.16. The molecule has 1 unspecified atom stereocenters. The van der Waals surface area contributed by atoms with Crippen molar-refractivity contribution in [1.29, 1.82) is 0 Å². The highest BCUT2D eigenvalue weighted by Crippen LogP contribution is 2.26. The molecule has 4 rings (SSSR count). The number of hydrogen-bond donors (Lipinski definition) is 0. The smallest absolute Gasteiger partial charge is 0.123 e. The summed E-state index contributed by atoms with van der Waals surface area (Å²) >= 11 is 0. The van der Waals surface area contributed by atoms with Crippen LogP contribution in [0.25, 0.3) is 0 Å². The maximum Gasteiger partial charge on any atom is 0.123 e. The molecule has 0 N–H and O–H groups in total. The second kappa shape index (κ2) is 6.73. The molecule has 2 aromatic carbocycles. The minimum Gasteiger partial charge on any atom is -0.492 e. The fraction of sp³-hybridized carbons (Fsp3) is 0.400. The minimum atomic E-state index is 0.647. The number of benzene rings is 2. The van der Waals surface area contributed by atoms with Crippen LogP contribution in [-0.2, 0) is 13.1 Å². The van der Waals surface area contributed by atoms with E-state index in [0.717, 1.165) is 38.5 Å². The standard InChI is InChI=1S/C20H24N2O/c1-2-6-17(7-3-1)14-21-11-10-19(16-21)22-12-13-23-20-9-5-4-8-18(20)15-22/h1-9,19H,10-16H2. The van der Waals surface area contributed by atoms with Crippen molar-refractivity contribution in [2.24, 2.45) is 0 Å². The Morgan fingerprint density at radius 3 is 2.70 bits per heavy atom. The van der Waals surface area contributed by atoms with Crippen molar-refractivity contribution >= 4 is 0 Å². The molecule has 2 aliphatic rings. The number of hydrogen-bond acceptors (Lipinski definition) is 3. The molecule has 2 heterocycles. The number of fused-ring (bicyclic) bond motifs is 1. The van der Waals surface area contributed by atoms with E-state index in [0.29, 0.717) is 6.04 Å². The van der Waals surface area contributed by atoms with Crippen LogP contribution in [0.3, 0.4) is 0 Å². The Labute approximate surface area is 138 Å². The molecule has 0 saturated carbocycles. The van der Waals surface area contributed by atoms with Gasteiger partial charge in [0.05, 0.1) is 0 Å². The zero-order valence-corrected chi connectivity index (χ0v) is 13.5. The number of likely N-dealkylation sites (tertiary alicyclic amines) is 1. The summed E-state index contributed by atoms with van der Waals surface area (Å²) in [4.78, 5) is 5.19. The van der Waals surface area contributed by atoms with Gasteiger partial charge in [-0.1, -0.05) is 48.5 Å². The van der Waals surface area contributed by atoms with Crippen molar-refractivity contribution < 1.29 is 4.74 Å². The third kappa shape index (κ3) is 3.41. The lowest BCUT2D eigenvalue weighted by molar-refractivity contribution is 0.166. The Bertz CT molecular complexity index is 643. The van der Waals surface area contributed by atoms with Crippen LogP contribution in [0, 0.1) is 0 Å². The average Bonchev–Trinajstić information content (AvgIpc) is 2.93. The van der Waals surface area contributed by atoms with E-state index in [1.54, 1.807) is 0 Å². The van der Waals surface area contributed by atoms with Crippen LogP contribution >= 0.6 is 0 Å². The lowest BCUT2D eigenvalue weighted by Gasteiger charge is -2.27. The van der Waals surface area contributed by atoms with E-state index in [1.165, 1.54) is 24.1 Å². The highest BCUT2D eigenvalue weighted by Gasteiger charge is 2.29. The third-order valence-corrected chi connectivity index (χ3v) is 5.00. The Kier molecular flexibility index (Phi) is 4.31. The molecule has 1 saturated heterocycles. The molecule has 2 aromatic rings. The topological polar surface area (TPSA) is 15.7 Å². The first-order valence-corrected chi connectivity index (χ1v) is 8.59. The van der Waals surface area contributed by atoms with Crippen LogP contribution in [0.5, 0.6) is 5.75 Å². The zero-order chi connectivity index (χ0) is 15.5. The van der Waals surface area contributed by atoms with Gasteiger partial charge in [-0.05, 0) is 18.1 Å². The van der Waals surface area contributed by atoms with Crippen LogP contribution in [0.4, 0.5) is 0 Å². The second-order valence-electron chi connectivity index (χ2n) is 6.59. The van der Waals surface area contributed by atoms with E-state index < -0.39 is 0 Å². The number of para-hydroxylation sites is 1. The normalized spacial score (nSPS) is 22.3. The first-order chi connectivity index (χ1) is 11.4. The largest absolute Gasteiger partial charge is 0.492 e. The van der Waals surface area contributed by atoms with Crippen molar-refractivity contribution in [2.75, 3.05) is 26.2 Å². The molecule has 0 spiro atoms. The van der Waals surface area contributed by atoms with Crippen molar-refractivity contribution in [3.8, 4) is 5.75 Å². The molecule has 0 aliphatic carbocycles. The molecule has 1 fully saturated rings. The molecule has 0 radical (unpaired) electrons. The molecule has 3 nitrogen and oxygen atoms in total. The minimum absolute atomic E-state index is 0.647. The fourth-order valence-corrected chi connectivity index (χ4v) is 3.75. The summed E-state index contributed by atoms with van der Waals surface area (Å²) < 4.78 is 5.91. The van der Waals surface area contributed by atoms with E-state index in [-0.39, 0.29) is 0 Å². The highest BCUT2D eigenvalue weighted by molar-refractivity contribution is 5.33. The maximum absolute atomic E-state index is 5.91. The van der Waals surface area contributed by atoms with E-state index in [2.05, 4.69) is 64.4 Å². The molecule has 23 heavy (non-hydrogen) atoms. The van der Waals surface area contributed by atoms with Gasteiger partial charge in [0.25, 0.3) is 0 Å². The summed E-state index contributed by atoms with van der Waals surface area (Å²) in [5.74, 6) is 1.06. The van der Waals surface area contributed by atoms with E-state index in [1.807, 2.05) is 0 Å². The van der Waals surface area contributed by atoms with Crippen LogP contribution in [0.1, 0.15) is 17.5 Å². The van der Waals surface area contributed by atoms with Crippen LogP contribution in [0.15, 0.2) is 54.6 Å². The molecule has 2 aliphatic heterocycles. The Hall–Kier alpha value is -1.84. The van der Waals surface area contributed by atoms with Crippen molar-refractivity contribution in [3.05, 3.63) is 65.7 Å².